The van der Waals surface area contributed by atoms with Crippen LogP contribution in [0.25, 0.3) is 0 Å². The van der Waals surface area contributed by atoms with Crippen LogP contribution < -0.4 is 11.1 Å². The van der Waals surface area contributed by atoms with Gasteiger partial charge in [-0.3, -0.25) is 0 Å². The third-order valence-electron chi connectivity index (χ3n) is 3.04. The Hall–Kier alpha value is -1.33. The van der Waals surface area contributed by atoms with Crippen molar-refractivity contribution in [3.8, 4) is 0 Å². The average molecular weight is 317 g/mol. The maximum Gasteiger partial charge on any atom is 0.407 e. The third-order valence-corrected chi connectivity index (χ3v) is 3.35. The van der Waals surface area contributed by atoms with Crippen molar-refractivity contribution >= 4 is 17.7 Å². The number of hydrogen-bond acceptors (Lipinski definition) is 3. The Morgan fingerprint density at radius 1 is 1.38 bits per heavy atom. The van der Waals surface area contributed by atoms with Gasteiger partial charge in [-0.05, 0) is 32.9 Å². The van der Waals surface area contributed by atoms with Crippen LogP contribution in [0.3, 0.4) is 0 Å². The third kappa shape index (κ3) is 4.86. The molecule has 0 saturated heterocycles. The van der Waals surface area contributed by atoms with E-state index >= 15 is 0 Å². The van der Waals surface area contributed by atoms with Gasteiger partial charge >= 0.3 is 6.09 Å². The summed E-state index contributed by atoms with van der Waals surface area (Å²) in [5.74, 6) is -0.443. The highest BCUT2D eigenvalue weighted by Gasteiger charge is 2.31. The van der Waals surface area contributed by atoms with Crippen LogP contribution in [0, 0.1) is 5.82 Å². The second-order valence-electron chi connectivity index (χ2n) is 6.22. The van der Waals surface area contributed by atoms with Gasteiger partial charge in [-0.2, -0.15) is 0 Å². The lowest BCUT2D eigenvalue weighted by atomic mass is 9.82. The fraction of sp³-hybridized carbons (Fsp3) is 0.533. The summed E-state index contributed by atoms with van der Waals surface area (Å²) < 4.78 is 19.2. The number of rotatable bonds is 4. The number of carbonyl (C=O) groups excluding carboxylic acids is 1. The number of ether oxygens (including phenoxy) is 1. The SMILES string of the molecule is CC(C)(C)OC(=O)NCC(C)(CN)c1c(F)cccc1Cl. The summed E-state index contributed by atoms with van der Waals surface area (Å²) in [7, 11) is 0. The minimum atomic E-state index is -0.820. The Labute approximate surface area is 129 Å². The number of hydrogen-bond donors (Lipinski definition) is 2. The van der Waals surface area contributed by atoms with Gasteiger partial charge in [0.1, 0.15) is 11.4 Å². The lowest BCUT2D eigenvalue weighted by Crippen LogP contribution is -2.45. The molecule has 0 aromatic heterocycles. The smallest absolute Gasteiger partial charge is 0.407 e. The summed E-state index contributed by atoms with van der Waals surface area (Å²) in [4.78, 5) is 11.7. The van der Waals surface area contributed by atoms with Crippen LogP contribution in [0.1, 0.15) is 33.3 Å². The molecule has 3 N–H and O–H groups in total. The van der Waals surface area contributed by atoms with Crippen molar-refractivity contribution < 1.29 is 13.9 Å². The molecule has 0 aliphatic carbocycles. The molecule has 0 aliphatic heterocycles. The zero-order chi connectivity index (χ0) is 16.3. The van der Waals surface area contributed by atoms with E-state index in [9.17, 15) is 9.18 Å². The van der Waals surface area contributed by atoms with Crippen molar-refractivity contribution in [2.24, 2.45) is 5.73 Å². The highest BCUT2D eigenvalue weighted by molar-refractivity contribution is 6.31. The number of halogens is 2. The van der Waals surface area contributed by atoms with Gasteiger partial charge in [0, 0.05) is 29.1 Å². The fourth-order valence-electron chi connectivity index (χ4n) is 1.92. The van der Waals surface area contributed by atoms with Gasteiger partial charge in [0.05, 0.1) is 0 Å². The Bertz CT molecular complexity index is 497. The topological polar surface area (TPSA) is 64.3 Å². The van der Waals surface area contributed by atoms with Crippen molar-refractivity contribution in [1.82, 2.24) is 5.32 Å². The predicted octanol–water partition coefficient (Wildman–Crippen LogP) is 3.22. The molecule has 1 rings (SSSR count). The molecule has 0 fully saturated rings. The Morgan fingerprint density at radius 3 is 2.48 bits per heavy atom. The quantitative estimate of drug-likeness (QED) is 0.896. The van der Waals surface area contributed by atoms with Crippen LogP contribution in [-0.4, -0.2) is 24.8 Å². The van der Waals surface area contributed by atoms with E-state index in [4.69, 9.17) is 22.1 Å². The number of amides is 1. The van der Waals surface area contributed by atoms with Crippen LogP contribution in [0.15, 0.2) is 18.2 Å². The predicted molar refractivity (Wildman–Crippen MR) is 82.1 cm³/mol. The van der Waals surface area contributed by atoms with Crippen molar-refractivity contribution in [3.05, 3.63) is 34.6 Å². The van der Waals surface area contributed by atoms with E-state index in [0.29, 0.717) is 5.56 Å². The molecule has 1 unspecified atom stereocenters. The van der Waals surface area contributed by atoms with E-state index in [1.165, 1.54) is 12.1 Å². The zero-order valence-corrected chi connectivity index (χ0v) is 13.6. The number of carbonyl (C=O) groups is 1. The van der Waals surface area contributed by atoms with Crippen LogP contribution in [-0.2, 0) is 10.2 Å². The number of nitrogens with two attached hydrogens (primary N) is 1. The monoisotopic (exact) mass is 316 g/mol. The molecule has 21 heavy (non-hydrogen) atoms. The van der Waals surface area contributed by atoms with Gasteiger partial charge in [0.15, 0.2) is 0 Å². The molecule has 0 heterocycles. The molecule has 0 bridgehead atoms. The van der Waals surface area contributed by atoms with Crippen molar-refractivity contribution in [3.63, 3.8) is 0 Å². The van der Waals surface area contributed by atoms with Gasteiger partial charge in [0.2, 0.25) is 0 Å². The van der Waals surface area contributed by atoms with Gasteiger partial charge in [-0.15, -0.1) is 0 Å². The van der Waals surface area contributed by atoms with Gasteiger partial charge in [-0.25, -0.2) is 9.18 Å². The molecule has 4 nitrogen and oxygen atoms in total. The van der Waals surface area contributed by atoms with Crippen molar-refractivity contribution in [2.75, 3.05) is 13.1 Å². The standard InChI is InChI=1S/C15H22ClFN2O2/c1-14(2,3)21-13(20)19-9-15(4,8-18)12-10(16)6-5-7-11(12)17/h5-7H,8-9,18H2,1-4H3,(H,19,20). The Kier molecular flexibility index (Phi) is 5.59. The van der Waals surface area contributed by atoms with E-state index in [1.54, 1.807) is 33.8 Å². The Balaban J connectivity index is 2.89. The maximum atomic E-state index is 14.0. The van der Waals surface area contributed by atoms with E-state index in [1.807, 2.05) is 0 Å². The highest BCUT2D eigenvalue weighted by Crippen LogP contribution is 2.31. The molecule has 118 valence electrons. The minimum Gasteiger partial charge on any atom is -0.444 e. The molecule has 0 spiro atoms. The first-order valence-corrected chi connectivity index (χ1v) is 7.08. The normalized spacial score (nSPS) is 14.4. The second-order valence-corrected chi connectivity index (χ2v) is 6.62. The number of benzene rings is 1. The Morgan fingerprint density at radius 2 is 2.00 bits per heavy atom. The maximum absolute atomic E-state index is 14.0. The molecule has 1 aromatic carbocycles. The molecule has 0 aliphatic rings. The van der Waals surface area contributed by atoms with E-state index < -0.39 is 22.9 Å². The molecule has 0 saturated carbocycles. The van der Waals surface area contributed by atoms with Crippen LogP contribution in [0.5, 0.6) is 0 Å². The lowest BCUT2D eigenvalue weighted by molar-refractivity contribution is 0.0516. The summed E-state index contributed by atoms with van der Waals surface area (Å²) >= 11 is 6.07. The summed E-state index contributed by atoms with van der Waals surface area (Å²) in [5, 5.41) is 2.90. The van der Waals surface area contributed by atoms with Crippen LogP contribution >= 0.6 is 11.6 Å². The number of nitrogens with one attached hydrogen (secondary N) is 1. The van der Waals surface area contributed by atoms with Gasteiger partial charge in [-0.1, -0.05) is 24.6 Å². The van der Waals surface area contributed by atoms with Crippen LogP contribution in [0.2, 0.25) is 5.02 Å². The molecule has 1 amide bonds. The summed E-state index contributed by atoms with van der Waals surface area (Å²) in [6.45, 7) is 7.30. The molecule has 1 aromatic rings. The summed E-state index contributed by atoms with van der Waals surface area (Å²) in [5.41, 5.74) is 4.65. The first kappa shape index (κ1) is 17.7. The van der Waals surface area contributed by atoms with Crippen molar-refractivity contribution in [1.29, 1.82) is 0 Å². The zero-order valence-electron chi connectivity index (χ0n) is 12.8. The van der Waals surface area contributed by atoms with Crippen molar-refractivity contribution in [2.45, 2.75) is 38.7 Å². The molecule has 6 heteroatoms. The van der Waals surface area contributed by atoms with Gasteiger partial charge < -0.3 is 15.8 Å². The molecule has 0 radical (unpaired) electrons. The minimum absolute atomic E-state index is 0.124. The molecular formula is C15H22ClFN2O2. The molecule has 1 atom stereocenters. The van der Waals surface area contributed by atoms with E-state index in [0.717, 1.165) is 0 Å². The largest absolute Gasteiger partial charge is 0.444 e. The molecular weight excluding hydrogens is 295 g/mol. The highest BCUT2D eigenvalue weighted by atomic mass is 35.5. The van der Waals surface area contributed by atoms with E-state index in [2.05, 4.69) is 5.32 Å². The first-order chi connectivity index (χ1) is 9.59. The number of alkyl carbamates (subject to hydrolysis) is 1. The lowest BCUT2D eigenvalue weighted by Gasteiger charge is -2.30. The van der Waals surface area contributed by atoms with Crippen LogP contribution in [0.4, 0.5) is 9.18 Å². The second kappa shape index (κ2) is 6.62. The first-order valence-electron chi connectivity index (χ1n) is 6.70. The fourth-order valence-corrected chi connectivity index (χ4v) is 2.31. The summed E-state index contributed by atoms with van der Waals surface area (Å²) in [6, 6.07) is 4.45. The summed E-state index contributed by atoms with van der Waals surface area (Å²) in [6.07, 6.45) is -0.574. The average Bonchev–Trinajstić information content (AvgIpc) is 2.34. The van der Waals surface area contributed by atoms with Gasteiger partial charge in [0.25, 0.3) is 0 Å². The van der Waals surface area contributed by atoms with E-state index in [-0.39, 0.29) is 18.1 Å².